The van der Waals surface area contributed by atoms with Crippen LogP contribution in [0.25, 0.3) is 5.57 Å². The third kappa shape index (κ3) is 2.70. The summed E-state index contributed by atoms with van der Waals surface area (Å²) in [7, 11) is 2.01. The van der Waals surface area contributed by atoms with E-state index < -0.39 is 0 Å². The normalized spacial score (nSPS) is 22.4. The molecule has 1 saturated heterocycles. The number of carbonyl (C=O) groups is 1. The van der Waals surface area contributed by atoms with Crippen molar-refractivity contribution in [3.05, 3.63) is 60.2 Å². The molecule has 2 aromatic rings. The van der Waals surface area contributed by atoms with Crippen LogP contribution in [0.2, 0.25) is 0 Å². The van der Waals surface area contributed by atoms with Crippen LogP contribution in [0, 0.1) is 0 Å². The maximum absolute atomic E-state index is 12.5. The van der Waals surface area contributed by atoms with E-state index in [0.29, 0.717) is 6.61 Å². The lowest BCUT2D eigenvalue weighted by Crippen LogP contribution is -2.43. The fourth-order valence-electron chi connectivity index (χ4n) is 3.75. The zero-order valence-electron chi connectivity index (χ0n) is 13.8. The van der Waals surface area contributed by atoms with Crippen molar-refractivity contribution in [3.63, 3.8) is 0 Å². The number of hydrogen-bond acceptors (Lipinski definition) is 3. The van der Waals surface area contributed by atoms with Gasteiger partial charge < -0.3 is 9.30 Å². The predicted molar refractivity (Wildman–Crippen MR) is 91.1 cm³/mol. The van der Waals surface area contributed by atoms with E-state index in [1.165, 1.54) is 5.57 Å². The maximum atomic E-state index is 12.5. The molecule has 24 heavy (non-hydrogen) atoms. The molecule has 0 spiro atoms. The largest absolute Gasteiger partial charge is 0.445 e. The number of imidazole rings is 1. The molecule has 3 heterocycles. The van der Waals surface area contributed by atoms with Crippen LogP contribution < -0.4 is 0 Å². The number of rotatable bonds is 3. The second kappa shape index (κ2) is 6.15. The summed E-state index contributed by atoms with van der Waals surface area (Å²) >= 11 is 0. The van der Waals surface area contributed by atoms with Gasteiger partial charge in [0.15, 0.2) is 0 Å². The molecule has 124 valence electrons. The minimum absolute atomic E-state index is 0.124. The molecule has 0 aliphatic carbocycles. The summed E-state index contributed by atoms with van der Waals surface area (Å²) in [4.78, 5) is 18.9. The fourth-order valence-corrected chi connectivity index (χ4v) is 3.75. The van der Waals surface area contributed by atoms with Crippen molar-refractivity contribution in [2.24, 2.45) is 7.05 Å². The van der Waals surface area contributed by atoms with E-state index in [9.17, 15) is 4.79 Å². The SMILES string of the molecule is Cn1ccnc1C1=CC2CCC(C1)N2C(=O)OCc1ccccc1. The second-order valence-corrected chi connectivity index (χ2v) is 6.50. The summed E-state index contributed by atoms with van der Waals surface area (Å²) in [5, 5.41) is 0. The van der Waals surface area contributed by atoms with Gasteiger partial charge in [0.1, 0.15) is 12.4 Å². The van der Waals surface area contributed by atoms with Crippen LogP contribution in [0.3, 0.4) is 0 Å². The van der Waals surface area contributed by atoms with E-state index in [4.69, 9.17) is 4.74 Å². The topological polar surface area (TPSA) is 47.4 Å². The van der Waals surface area contributed by atoms with Crippen molar-refractivity contribution in [1.82, 2.24) is 14.5 Å². The first-order valence-electron chi connectivity index (χ1n) is 8.40. The van der Waals surface area contributed by atoms with Gasteiger partial charge >= 0.3 is 6.09 Å². The van der Waals surface area contributed by atoms with Crippen molar-refractivity contribution in [2.75, 3.05) is 0 Å². The average molecular weight is 323 g/mol. The quantitative estimate of drug-likeness (QED) is 0.870. The molecule has 0 saturated carbocycles. The molecule has 2 unspecified atom stereocenters. The van der Waals surface area contributed by atoms with Crippen molar-refractivity contribution >= 4 is 11.7 Å². The number of aryl methyl sites for hydroxylation is 1. The highest BCUT2D eigenvalue weighted by atomic mass is 16.6. The lowest BCUT2D eigenvalue weighted by Gasteiger charge is -2.33. The van der Waals surface area contributed by atoms with Gasteiger partial charge in [-0.05, 0) is 30.4 Å². The Kier molecular flexibility index (Phi) is 3.84. The number of nitrogens with zero attached hydrogens (tertiary/aromatic N) is 3. The van der Waals surface area contributed by atoms with Gasteiger partial charge in [-0.3, -0.25) is 4.90 Å². The molecule has 1 aromatic heterocycles. The zero-order valence-corrected chi connectivity index (χ0v) is 13.8. The average Bonchev–Trinajstić information content (AvgIpc) is 3.14. The monoisotopic (exact) mass is 323 g/mol. The first-order chi connectivity index (χ1) is 11.7. The Labute approximate surface area is 141 Å². The summed E-state index contributed by atoms with van der Waals surface area (Å²) in [5.41, 5.74) is 2.25. The Bertz CT molecular complexity index is 766. The first-order valence-corrected chi connectivity index (χ1v) is 8.40. The third-order valence-corrected chi connectivity index (χ3v) is 4.92. The van der Waals surface area contributed by atoms with Crippen LogP contribution in [0.5, 0.6) is 0 Å². The number of aromatic nitrogens is 2. The van der Waals surface area contributed by atoms with E-state index in [0.717, 1.165) is 30.7 Å². The molecule has 1 fully saturated rings. The summed E-state index contributed by atoms with van der Waals surface area (Å²) in [6.07, 6.45) is 8.63. The Morgan fingerprint density at radius 2 is 2.12 bits per heavy atom. The third-order valence-electron chi connectivity index (χ3n) is 4.92. The van der Waals surface area contributed by atoms with Crippen LogP contribution in [0.15, 0.2) is 48.8 Å². The van der Waals surface area contributed by atoms with E-state index in [2.05, 4.69) is 11.1 Å². The molecule has 2 atom stereocenters. The lowest BCUT2D eigenvalue weighted by atomic mass is 10.0. The van der Waals surface area contributed by atoms with Crippen LogP contribution >= 0.6 is 0 Å². The van der Waals surface area contributed by atoms with Crippen molar-refractivity contribution in [1.29, 1.82) is 0 Å². The van der Waals surface area contributed by atoms with E-state index >= 15 is 0 Å². The van der Waals surface area contributed by atoms with Gasteiger partial charge in [0.2, 0.25) is 0 Å². The zero-order chi connectivity index (χ0) is 16.5. The summed E-state index contributed by atoms with van der Waals surface area (Å²) in [5.74, 6) is 1.00. The summed E-state index contributed by atoms with van der Waals surface area (Å²) in [6, 6.07) is 10.1. The molecule has 5 nitrogen and oxygen atoms in total. The van der Waals surface area contributed by atoms with Gasteiger partial charge in [-0.2, -0.15) is 0 Å². The van der Waals surface area contributed by atoms with Crippen LogP contribution in [0.1, 0.15) is 30.7 Å². The number of carbonyl (C=O) groups excluding carboxylic acids is 1. The van der Waals surface area contributed by atoms with Crippen LogP contribution in [-0.2, 0) is 18.4 Å². The number of ether oxygens (including phenoxy) is 1. The Hall–Kier alpha value is -2.56. The molecule has 1 aromatic carbocycles. The highest BCUT2D eigenvalue weighted by Gasteiger charge is 2.41. The van der Waals surface area contributed by atoms with Gasteiger partial charge in [-0.1, -0.05) is 36.4 Å². The molecule has 0 N–H and O–H groups in total. The van der Waals surface area contributed by atoms with E-state index in [1.54, 1.807) is 0 Å². The molecular formula is C19H21N3O2. The van der Waals surface area contributed by atoms with Crippen molar-refractivity contribution in [2.45, 2.75) is 38.0 Å². The van der Waals surface area contributed by atoms with Crippen LogP contribution in [0.4, 0.5) is 4.79 Å². The molecule has 2 bridgehead atoms. The number of benzene rings is 1. The standard InChI is InChI=1S/C19H21N3O2/c1-21-10-9-20-18(21)15-11-16-7-8-17(12-15)22(16)19(23)24-13-14-5-3-2-4-6-14/h2-6,9-11,16-17H,7-8,12-13H2,1H3. The molecule has 2 aliphatic rings. The van der Waals surface area contributed by atoms with E-state index in [1.807, 2.05) is 59.2 Å². The highest BCUT2D eigenvalue weighted by molar-refractivity contribution is 5.73. The smallest absolute Gasteiger partial charge is 0.410 e. The van der Waals surface area contributed by atoms with E-state index in [-0.39, 0.29) is 18.2 Å². The molecule has 1 amide bonds. The van der Waals surface area contributed by atoms with Crippen molar-refractivity contribution < 1.29 is 9.53 Å². The molecule has 5 heteroatoms. The fraction of sp³-hybridized carbons (Fsp3) is 0.368. The van der Waals surface area contributed by atoms with Gasteiger partial charge in [0.05, 0.1) is 6.04 Å². The van der Waals surface area contributed by atoms with Gasteiger partial charge in [-0.15, -0.1) is 0 Å². The van der Waals surface area contributed by atoms with Gasteiger partial charge in [-0.25, -0.2) is 9.78 Å². The Morgan fingerprint density at radius 3 is 2.83 bits per heavy atom. The maximum Gasteiger partial charge on any atom is 0.410 e. The second-order valence-electron chi connectivity index (χ2n) is 6.50. The van der Waals surface area contributed by atoms with Gasteiger partial charge in [0, 0.05) is 25.5 Å². The molecule has 4 rings (SSSR count). The lowest BCUT2D eigenvalue weighted by molar-refractivity contribution is 0.0832. The Balaban J connectivity index is 1.47. The minimum atomic E-state index is -0.207. The Morgan fingerprint density at radius 1 is 1.29 bits per heavy atom. The molecule has 2 aliphatic heterocycles. The number of amides is 1. The van der Waals surface area contributed by atoms with Gasteiger partial charge in [0.25, 0.3) is 0 Å². The predicted octanol–water partition coefficient (Wildman–Crippen LogP) is 3.38. The number of fused-ring (bicyclic) bond motifs is 2. The summed E-state index contributed by atoms with van der Waals surface area (Å²) in [6.45, 7) is 0.325. The minimum Gasteiger partial charge on any atom is -0.445 e. The summed E-state index contributed by atoms with van der Waals surface area (Å²) < 4.78 is 7.57. The van der Waals surface area contributed by atoms with Crippen molar-refractivity contribution in [3.8, 4) is 0 Å². The highest BCUT2D eigenvalue weighted by Crippen LogP contribution is 2.38. The molecule has 0 radical (unpaired) electrons. The van der Waals surface area contributed by atoms with Crippen LogP contribution in [-0.4, -0.2) is 32.6 Å². The number of hydrogen-bond donors (Lipinski definition) is 0. The molecular weight excluding hydrogens is 302 g/mol. The first kappa shape index (κ1) is 15.0.